The fraction of sp³-hybridized carbons (Fsp3) is 0.280. The molecular weight excluding hydrogens is 410 g/mol. The van der Waals surface area contributed by atoms with Crippen LogP contribution in [0.2, 0.25) is 0 Å². The Morgan fingerprint density at radius 3 is 1.88 bits per heavy atom. The monoisotopic (exact) mass is 437 g/mol. The molecule has 2 aromatic rings. The number of carbonyl (C=O) groups is 2. The van der Waals surface area contributed by atoms with Gasteiger partial charge >= 0.3 is 11.9 Å². The van der Waals surface area contributed by atoms with Gasteiger partial charge in [0.1, 0.15) is 0 Å². The molecule has 32 heavy (non-hydrogen) atoms. The van der Waals surface area contributed by atoms with Gasteiger partial charge in [-0.05, 0) is 43.7 Å². The predicted molar refractivity (Wildman–Crippen MR) is 121 cm³/mol. The SMILES string of the molecule is CCOC(=O)C1=CN(c2ccccc2)C=C(C(=O)OCC)C1c1ccc(OC)c(OC)c1. The van der Waals surface area contributed by atoms with Crippen molar-refractivity contribution >= 4 is 17.6 Å². The Morgan fingerprint density at radius 2 is 1.38 bits per heavy atom. The van der Waals surface area contributed by atoms with Gasteiger partial charge in [0.25, 0.3) is 0 Å². The maximum absolute atomic E-state index is 13.0. The van der Waals surface area contributed by atoms with Crippen molar-refractivity contribution in [1.29, 1.82) is 0 Å². The molecular formula is C25H27NO6. The molecule has 1 heterocycles. The van der Waals surface area contributed by atoms with E-state index in [1.165, 1.54) is 7.11 Å². The van der Waals surface area contributed by atoms with Gasteiger partial charge in [0, 0.05) is 18.1 Å². The van der Waals surface area contributed by atoms with Crippen LogP contribution in [0.15, 0.2) is 72.1 Å². The molecule has 0 spiro atoms. The number of para-hydroxylation sites is 1. The summed E-state index contributed by atoms with van der Waals surface area (Å²) >= 11 is 0. The molecule has 0 saturated carbocycles. The highest BCUT2D eigenvalue weighted by Gasteiger charge is 2.36. The number of esters is 2. The summed E-state index contributed by atoms with van der Waals surface area (Å²) in [7, 11) is 3.08. The molecule has 0 N–H and O–H groups in total. The van der Waals surface area contributed by atoms with Crippen LogP contribution in [0, 0.1) is 0 Å². The number of anilines is 1. The molecule has 0 bridgehead atoms. The summed E-state index contributed by atoms with van der Waals surface area (Å²) in [6.45, 7) is 3.89. The largest absolute Gasteiger partial charge is 0.493 e. The van der Waals surface area contributed by atoms with Gasteiger partial charge in [0.15, 0.2) is 11.5 Å². The van der Waals surface area contributed by atoms with E-state index in [1.54, 1.807) is 56.5 Å². The third-order valence-electron chi connectivity index (χ3n) is 5.00. The van der Waals surface area contributed by atoms with E-state index in [9.17, 15) is 9.59 Å². The average molecular weight is 437 g/mol. The quantitative estimate of drug-likeness (QED) is 0.573. The molecule has 7 heteroatoms. The van der Waals surface area contributed by atoms with Crippen molar-refractivity contribution in [3.05, 3.63) is 77.6 Å². The van der Waals surface area contributed by atoms with Crippen LogP contribution in [-0.4, -0.2) is 39.4 Å². The maximum Gasteiger partial charge on any atom is 0.336 e. The number of ether oxygens (including phenoxy) is 4. The molecule has 2 aromatic carbocycles. The molecule has 0 atom stereocenters. The van der Waals surface area contributed by atoms with E-state index >= 15 is 0 Å². The minimum atomic E-state index is -0.701. The van der Waals surface area contributed by atoms with Crippen LogP contribution < -0.4 is 14.4 Å². The lowest BCUT2D eigenvalue weighted by molar-refractivity contribution is -0.139. The van der Waals surface area contributed by atoms with Crippen LogP contribution in [0.3, 0.4) is 0 Å². The first kappa shape index (κ1) is 22.9. The summed E-state index contributed by atoms with van der Waals surface area (Å²) in [5.41, 5.74) is 2.10. The number of methoxy groups -OCH3 is 2. The molecule has 0 aromatic heterocycles. The fourth-order valence-electron chi connectivity index (χ4n) is 3.56. The van der Waals surface area contributed by atoms with E-state index in [1.807, 2.05) is 30.3 Å². The van der Waals surface area contributed by atoms with E-state index in [-0.39, 0.29) is 13.2 Å². The highest BCUT2D eigenvalue weighted by Crippen LogP contribution is 2.41. The van der Waals surface area contributed by atoms with Crippen LogP contribution in [-0.2, 0) is 19.1 Å². The third kappa shape index (κ3) is 4.77. The molecule has 1 aliphatic heterocycles. The van der Waals surface area contributed by atoms with Gasteiger partial charge in [0.05, 0.1) is 44.5 Å². The molecule has 0 amide bonds. The Hall–Kier alpha value is -3.74. The second-order valence-electron chi connectivity index (χ2n) is 6.90. The van der Waals surface area contributed by atoms with E-state index in [4.69, 9.17) is 18.9 Å². The van der Waals surface area contributed by atoms with Crippen molar-refractivity contribution in [2.75, 3.05) is 32.3 Å². The van der Waals surface area contributed by atoms with Gasteiger partial charge in [-0.25, -0.2) is 9.59 Å². The maximum atomic E-state index is 13.0. The lowest BCUT2D eigenvalue weighted by atomic mass is 9.83. The topological polar surface area (TPSA) is 74.3 Å². The Morgan fingerprint density at radius 1 is 0.812 bits per heavy atom. The molecule has 7 nitrogen and oxygen atoms in total. The molecule has 0 saturated heterocycles. The first-order valence-electron chi connectivity index (χ1n) is 10.4. The minimum absolute atomic E-state index is 0.207. The Kier molecular flexibility index (Phi) is 7.54. The van der Waals surface area contributed by atoms with Crippen LogP contribution in [0.25, 0.3) is 0 Å². The zero-order valence-electron chi connectivity index (χ0n) is 18.7. The summed E-state index contributed by atoms with van der Waals surface area (Å²) in [5.74, 6) is -0.692. The molecule has 0 fully saturated rings. The molecule has 3 rings (SSSR count). The first-order chi connectivity index (χ1) is 15.5. The molecule has 0 unspecified atom stereocenters. The smallest absolute Gasteiger partial charge is 0.336 e. The Labute approximate surface area is 187 Å². The van der Waals surface area contributed by atoms with Gasteiger partial charge < -0.3 is 23.8 Å². The average Bonchev–Trinajstić information content (AvgIpc) is 2.83. The summed E-state index contributed by atoms with van der Waals surface area (Å²) in [6.07, 6.45) is 3.38. The predicted octanol–water partition coefficient (Wildman–Crippen LogP) is 4.20. The second-order valence-corrected chi connectivity index (χ2v) is 6.90. The summed E-state index contributed by atoms with van der Waals surface area (Å²) in [4.78, 5) is 27.8. The summed E-state index contributed by atoms with van der Waals surface area (Å²) < 4.78 is 21.4. The normalized spacial score (nSPS) is 13.7. The van der Waals surface area contributed by atoms with Gasteiger partial charge in [-0.15, -0.1) is 0 Å². The van der Waals surface area contributed by atoms with Gasteiger partial charge in [-0.2, -0.15) is 0 Å². The number of hydrogen-bond acceptors (Lipinski definition) is 7. The van der Waals surface area contributed by atoms with Crippen molar-refractivity contribution in [3.8, 4) is 11.5 Å². The van der Waals surface area contributed by atoms with Crippen molar-refractivity contribution in [2.24, 2.45) is 0 Å². The van der Waals surface area contributed by atoms with Crippen molar-refractivity contribution in [1.82, 2.24) is 0 Å². The molecule has 0 aliphatic carbocycles. The standard InChI is InChI=1S/C25H27NO6/c1-5-31-24(27)19-15-26(18-10-8-7-9-11-18)16-20(25(28)32-6-2)23(19)17-12-13-21(29-3)22(14-17)30-4/h7-16,23H,5-6H2,1-4H3. The summed E-state index contributed by atoms with van der Waals surface area (Å²) in [5, 5.41) is 0. The number of benzene rings is 2. The Balaban J connectivity index is 2.19. The molecule has 168 valence electrons. The number of nitrogens with zero attached hydrogens (tertiary/aromatic N) is 1. The second kappa shape index (κ2) is 10.5. The van der Waals surface area contributed by atoms with Gasteiger partial charge in [-0.3, -0.25) is 0 Å². The van der Waals surface area contributed by atoms with Gasteiger partial charge in [-0.1, -0.05) is 24.3 Å². The zero-order chi connectivity index (χ0) is 23.1. The number of carbonyl (C=O) groups excluding carboxylic acids is 2. The minimum Gasteiger partial charge on any atom is -0.493 e. The lowest BCUT2D eigenvalue weighted by Crippen LogP contribution is -2.29. The van der Waals surface area contributed by atoms with Gasteiger partial charge in [0.2, 0.25) is 0 Å². The van der Waals surface area contributed by atoms with E-state index in [0.29, 0.717) is 28.2 Å². The van der Waals surface area contributed by atoms with Crippen LogP contribution in [0.5, 0.6) is 11.5 Å². The van der Waals surface area contributed by atoms with Crippen molar-refractivity contribution in [2.45, 2.75) is 19.8 Å². The molecule has 1 aliphatic rings. The van der Waals surface area contributed by atoms with Crippen LogP contribution in [0.1, 0.15) is 25.3 Å². The van der Waals surface area contributed by atoms with E-state index in [0.717, 1.165) is 5.69 Å². The van der Waals surface area contributed by atoms with Crippen molar-refractivity contribution < 1.29 is 28.5 Å². The first-order valence-corrected chi connectivity index (χ1v) is 10.4. The number of rotatable bonds is 8. The highest BCUT2D eigenvalue weighted by atomic mass is 16.5. The molecule has 0 radical (unpaired) electrons. The van der Waals surface area contributed by atoms with E-state index in [2.05, 4.69) is 0 Å². The highest BCUT2D eigenvalue weighted by molar-refractivity contribution is 6.00. The van der Waals surface area contributed by atoms with Crippen LogP contribution >= 0.6 is 0 Å². The third-order valence-corrected chi connectivity index (χ3v) is 5.00. The fourth-order valence-corrected chi connectivity index (χ4v) is 3.56. The Bertz CT molecular complexity index is 992. The number of hydrogen-bond donors (Lipinski definition) is 0. The summed E-state index contributed by atoms with van der Waals surface area (Å²) in [6, 6.07) is 14.7. The van der Waals surface area contributed by atoms with Crippen molar-refractivity contribution in [3.63, 3.8) is 0 Å². The lowest BCUT2D eigenvalue weighted by Gasteiger charge is -2.30. The van der Waals surface area contributed by atoms with Crippen LogP contribution in [0.4, 0.5) is 5.69 Å². The van der Waals surface area contributed by atoms with E-state index < -0.39 is 17.9 Å². The zero-order valence-corrected chi connectivity index (χ0v) is 18.7.